The van der Waals surface area contributed by atoms with Gasteiger partial charge in [0.1, 0.15) is 5.56 Å². The van der Waals surface area contributed by atoms with E-state index in [9.17, 15) is 31.4 Å². The number of H-pyrrole nitrogens is 1. The van der Waals surface area contributed by atoms with E-state index in [1.54, 1.807) is 0 Å². The van der Waals surface area contributed by atoms with Crippen LogP contribution in [0.4, 0.5) is 17.6 Å². The molecule has 1 aliphatic rings. The van der Waals surface area contributed by atoms with Gasteiger partial charge in [0, 0.05) is 17.6 Å². The Bertz CT molecular complexity index is 1250. The average molecular weight is 487 g/mol. The standard InChI is InChI=1S/C21H21F4N3O4S/c1-32-18-6-4-14(11-16(18)22)33(26,31)8-2-7-27-19(29)15-10-12-9-13(21(23,24)25)3-5-17(12)28-20(15)30/h2,4,6,8,10-11,13,26H,3,5,7,9H2,1H3,(H,27,29)(H,28,30)/b8-2+. The number of carbonyl (C=O) groups excluding carboxylic acids is 1. The molecule has 1 heterocycles. The number of fused-ring (bicyclic) bond motifs is 1. The van der Waals surface area contributed by atoms with Gasteiger partial charge in [-0.2, -0.15) is 13.2 Å². The van der Waals surface area contributed by atoms with Gasteiger partial charge in [-0.15, -0.1) is 0 Å². The number of pyridine rings is 1. The highest BCUT2D eigenvalue weighted by atomic mass is 32.2. The number of halogens is 4. The molecule has 0 bridgehead atoms. The van der Waals surface area contributed by atoms with E-state index >= 15 is 0 Å². The van der Waals surface area contributed by atoms with Crippen molar-refractivity contribution in [2.45, 2.75) is 30.3 Å². The topological polar surface area (TPSA) is 112 Å². The van der Waals surface area contributed by atoms with Gasteiger partial charge in [-0.3, -0.25) is 9.59 Å². The summed E-state index contributed by atoms with van der Waals surface area (Å²) in [7, 11) is -2.25. The summed E-state index contributed by atoms with van der Waals surface area (Å²) in [5, 5.41) is 3.36. The van der Waals surface area contributed by atoms with Crippen molar-refractivity contribution in [1.29, 1.82) is 4.78 Å². The number of amides is 1. The van der Waals surface area contributed by atoms with Crippen LogP contribution in [0.2, 0.25) is 0 Å². The molecule has 1 aliphatic carbocycles. The summed E-state index contributed by atoms with van der Waals surface area (Å²) in [4.78, 5) is 26.9. The minimum absolute atomic E-state index is 0.0587. The van der Waals surface area contributed by atoms with E-state index in [0.717, 1.165) is 11.5 Å². The highest BCUT2D eigenvalue weighted by Crippen LogP contribution is 2.36. The molecule has 12 heteroatoms. The molecular weight excluding hydrogens is 466 g/mol. The Morgan fingerprint density at radius 3 is 2.73 bits per heavy atom. The number of ether oxygens (including phenoxy) is 1. The van der Waals surface area contributed by atoms with Gasteiger partial charge < -0.3 is 15.0 Å². The summed E-state index contributed by atoms with van der Waals surface area (Å²) >= 11 is 0. The number of benzene rings is 1. The summed E-state index contributed by atoms with van der Waals surface area (Å²) in [6.07, 6.45) is -3.55. The maximum Gasteiger partial charge on any atom is 0.392 e. The summed E-state index contributed by atoms with van der Waals surface area (Å²) in [6, 6.07) is 4.60. The van der Waals surface area contributed by atoms with Gasteiger partial charge in [-0.1, -0.05) is 6.08 Å². The molecule has 0 saturated heterocycles. The van der Waals surface area contributed by atoms with E-state index < -0.39 is 39.1 Å². The molecule has 2 unspecified atom stereocenters. The average Bonchev–Trinajstić information content (AvgIpc) is 2.75. The van der Waals surface area contributed by atoms with Crippen LogP contribution in [0.5, 0.6) is 5.75 Å². The Balaban J connectivity index is 1.68. The molecule has 1 amide bonds. The van der Waals surface area contributed by atoms with Crippen molar-refractivity contribution in [3.8, 4) is 5.75 Å². The normalized spacial score (nSPS) is 17.9. The predicted octanol–water partition coefficient (Wildman–Crippen LogP) is 3.54. The zero-order valence-corrected chi connectivity index (χ0v) is 18.2. The first-order valence-electron chi connectivity index (χ1n) is 9.81. The molecule has 0 fully saturated rings. The molecule has 33 heavy (non-hydrogen) atoms. The van der Waals surface area contributed by atoms with Crippen LogP contribution in [-0.4, -0.2) is 34.9 Å². The highest BCUT2D eigenvalue weighted by Gasteiger charge is 2.41. The van der Waals surface area contributed by atoms with E-state index in [1.165, 1.54) is 31.4 Å². The number of rotatable bonds is 6. The summed E-state index contributed by atoms with van der Waals surface area (Å²) < 4.78 is 78.1. The van der Waals surface area contributed by atoms with Crippen molar-refractivity contribution < 1.29 is 31.3 Å². The number of hydrogen-bond acceptors (Lipinski definition) is 5. The predicted molar refractivity (Wildman–Crippen MR) is 112 cm³/mol. The van der Waals surface area contributed by atoms with Gasteiger partial charge in [-0.25, -0.2) is 13.4 Å². The van der Waals surface area contributed by atoms with Gasteiger partial charge in [0.25, 0.3) is 11.5 Å². The lowest BCUT2D eigenvalue weighted by Crippen LogP contribution is -2.34. The van der Waals surface area contributed by atoms with Crippen LogP contribution in [0.15, 0.2) is 45.4 Å². The van der Waals surface area contributed by atoms with Crippen LogP contribution in [0.25, 0.3) is 0 Å². The molecule has 0 saturated carbocycles. The van der Waals surface area contributed by atoms with Crippen LogP contribution in [0, 0.1) is 16.5 Å². The number of carbonyl (C=O) groups is 1. The Morgan fingerprint density at radius 2 is 2.09 bits per heavy atom. The lowest BCUT2D eigenvalue weighted by atomic mass is 9.85. The van der Waals surface area contributed by atoms with Gasteiger partial charge in [0.2, 0.25) is 0 Å². The summed E-state index contributed by atoms with van der Waals surface area (Å²) in [5.74, 6) is -3.22. The van der Waals surface area contributed by atoms with Crippen molar-refractivity contribution in [3.63, 3.8) is 0 Å². The van der Waals surface area contributed by atoms with Crippen molar-refractivity contribution in [2.24, 2.45) is 5.92 Å². The first kappa shape index (κ1) is 24.5. The molecule has 0 aliphatic heterocycles. The Hall–Kier alpha value is -3.15. The zero-order chi connectivity index (χ0) is 24.4. The second-order valence-electron chi connectivity index (χ2n) is 7.48. The molecule has 3 rings (SSSR count). The number of aromatic nitrogens is 1. The summed E-state index contributed by atoms with van der Waals surface area (Å²) in [6.45, 7) is -0.213. The van der Waals surface area contributed by atoms with Crippen molar-refractivity contribution in [1.82, 2.24) is 10.3 Å². The van der Waals surface area contributed by atoms with Gasteiger partial charge in [0.15, 0.2) is 11.6 Å². The third kappa shape index (κ3) is 5.62. The molecule has 178 valence electrons. The van der Waals surface area contributed by atoms with Gasteiger partial charge >= 0.3 is 6.18 Å². The van der Waals surface area contributed by atoms with E-state index in [2.05, 4.69) is 10.3 Å². The number of aromatic amines is 1. The maximum absolute atomic E-state index is 13.8. The molecule has 2 aromatic rings. The highest BCUT2D eigenvalue weighted by molar-refractivity contribution is 7.95. The lowest BCUT2D eigenvalue weighted by Gasteiger charge is -2.26. The number of hydrogen-bond donors (Lipinski definition) is 3. The quantitative estimate of drug-likeness (QED) is 0.541. The lowest BCUT2D eigenvalue weighted by molar-refractivity contribution is -0.177. The monoisotopic (exact) mass is 487 g/mol. The van der Waals surface area contributed by atoms with Gasteiger partial charge in [-0.05, 0) is 49.1 Å². The Morgan fingerprint density at radius 1 is 1.36 bits per heavy atom. The third-order valence-electron chi connectivity index (χ3n) is 5.27. The van der Waals surface area contributed by atoms with E-state index in [0.29, 0.717) is 5.69 Å². The number of alkyl halides is 3. The second-order valence-corrected chi connectivity index (χ2v) is 9.42. The minimum atomic E-state index is -4.36. The van der Waals surface area contributed by atoms with Crippen LogP contribution in [0.1, 0.15) is 28.0 Å². The Labute approximate surface area is 186 Å². The fraction of sp³-hybridized carbons (Fsp3) is 0.333. The minimum Gasteiger partial charge on any atom is -0.494 e. The maximum atomic E-state index is 13.8. The molecule has 3 N–H and O–H groups in total. The fourth-order valence-electron chi connectivity index (χ4n) is 3.50. The van der Waals surface area contributed by atoms with E-state index in [-0.39, 0.29) is 47.6 Å². The first-order chi connectivity index (χ1) is 15.4. The molecule has 0 radical (unpaired) electrons. The number of aryl methyl sites for hydroxylation is 1. The summed E-state index contributed by atoms with van der Waals surface area (Å²) in [5.41, 5.74) is -0.412. The Kier molecular flexibility index (Phi) is 6.96. The second kappa shape index (κ2) is 9.38. The molecular formula is C21H21F4N3O4S. The van der Waals surface area contributed by atoms with Crippen LogP contribution >= 0.6 is 0 Å². The van der Waals surface area contributed by atoms with Crippen molar-refractivity contribution in [2.75, 3.05) is 13.7 Å². The van der Waals surface area contributed by atoms with Crippen LogP contribution in [0.3, 0.4) is 0 Å². The molecule has 1 aromatic carbocycles. The molecule has 2 atom stereocenters. The molecule has 7 nitrogen and oxygen atoms in total. The smallest absolute Gasteiger partial charge is 0.392 e. The number of methoxy groups -OCH3 is 1. The fourth-order valence-corrected chi connectivity index (χ4v) is 4.57. The first-order valence-corrected chi connectivity index (χ1v) is 11.4. The van der Waals surface area contributed by atoms with Crippen molar-refractivity contribution >= 4 is 15.6 Å². The van der Waals surface area contributed by atoms with Crippen LogP contribution < -0.4 is 15.6 Å². The zero-order valence-electron chi connectivity index (χ0n) is 17.4. The van der Waals surface area contributed by atoms with Crippen molar-refractivity contribution in [3.05, 3.63) is 68.7 Å². The SMILES string of the molecule is COc1ccc(S(=N)(=O)/C=C/CNC(=O)c2cc3c([nH]c2=O)CCC(C(F)(F)F)C3)cc1F. The van der Waals surface area contributed by atoms with Gasteiger partial charge in [0.05, 0.1) is 27.7 Å². The third-order valence-corrected chi connectivity index (χ3v) is 6.80. The number of nitrogens with one attached hydrogen (secondary N) is 3. The van der Waals surface area contributed by atoms with Crippen LogP contribution in [-0.2, 0) is 22.6 Å². The van der Waals surface area contributed by atoms with E-state index in [1.807, 2.05) is 0 Å². The van der Waals surface area contributed by atoms with E-state index in [4.69, 9.17) is 9.52 Å². The molecule has 0 spiro atoms. The molecule has 1 aromatic heterocycles. The largest absolute Gasteiger partial charge is 0.494 e.